The summed E-state index contributed by atoms with van der Waals surface area (Å²) in [6.07, 6.45) is 4.05. The van der Waals surface area contributed by atoms with E-state index < -0.39 is 10.0 Å². The maximum Gasteiger partial charge on any atom is 0.238 e. The summed E-state index contributed by atoms with van der Waals surface area (Å²) < 4.78 is 22.4. The minimum Gasteiger partial charge on any atom is -0.352 e. The van der Waals surface area contributed by atoms with Crippen LogP contribution in [0.15, 0.2) is 29.2 Å². The summed E-state index contributed by atoms with van der Waals surface area (Å²) in [6.45, 7) is 0.328. The van der Waals surface area contributed by atoms with Crippen molar-refractivity contribution in [2.45, 2.75) is 37.1 Å². The van der Waals surface area contributed by atoms with Gasteiger partial charge in [-0.05, 0) is 36.5 Å². The van der Waals surface area contributed by atoms with Crippen molar-refractivity contribution in [1.82, 2.24) is 5.32 Å². The van der Waals surface area contributed by atoms with E-state index in [0.717, 1.165) is 18.4 Å². The lowest BCUT2D eigenvalue weighted by Gasteiger charge is -2.24. The highest BCUT2D eigenvalue weighted by atomic mass is 32.2. The Hall–Kier alpha value is -1.40. The molecule has 0 saturated heterocycles. The third-order valence-electron chi connectivity index (χ3n) is 3.42. The molecule has 0 atom stereocenters. The highest BCUT2D eigenvalue weighted by molar-refractivity contribution is 7.89. The molecular formula is C13H18N2O3S. The minimum absolute atomic E-state index is 0.0192. The molecule has 0 aliphatic heterocycles. The molecule has 0 bridgehead atoms. The second-order valence-corrected chi connectivity index (χ2v) is 6.53. The van der Waals surface area contributed by atoms with Crippen LogP contribution in [-0.2, 0) is 21.4 Å². The number of nitrogens with two attached hydrogens (primary N) is 1. The first-order chi connectivity index (χ1) is 8.95. The Balaban J connectivity index is 1.90. The molecule has 0 unspecified atom stereocenters. The highest BCUT2D eigenvalue weighted by Crippen LogP contribution is 2.29. The maximum atomic E-state index is 11.6. The molecular weight excluding hydrogens is 264 g/mol. The molecule has 6 heteroatoms. The molecule has 3 N–H and O–H groups in total. The van der Waals surface area contributed by atoms with E-state index in [1.807, 2.05) is 0 Å². The molecule has 1 aromatic carbocycles. The Bertz CT molecular complexity index is 565. The quantitative estimate of drug-likeness (QED) is 0.848. The van der Waals surface area contributed by atoms with Crippen LogP contribution < -0.4 is 10.5 Å². The van der Waals surface area contributed by atoms with Crippen molar-refractivity contribution in [2.75, 3.05) is 0 Å². The predicted octanol–water partition coefficient (Wildman–Crippen LogP) is 1.14. The van der Waals surface area contributed by atoms with Gasteiger partial charge in [0.1, 0.15) is 0 Å². The molecule has 1 fully saturated rings. The van der Waals surface area contributed by atoms with Crippen LogP contribution in [0.2, 0.25) is 0 Å². The standard InChI is InChI=1S/C13H18N2O3S/c14-19(17,18)12-6-2-5-11(7-12)9-15-13(16)8-10-3-1-4-10/h2,5-7,10H,1,3-4,8-9H2,(H,15,16)(H2,14,17,18). The third-order valence-corrected chi connectivity index (χ3v) is 4.33. The number of rotatable bonds is 5. The monoisotopic (exact) mass is 282 g/mol. The first-order valence-electron chi connectivity index (χ1n) is 6.33. The lowest BCUT2D eigenvalue weighted by Crippen LogP contribution is -2.27. The van der Waals surface area contributed by atoms with Crippen LogP contribution in [0.25, 0.3) is 0 Å². The van der Waals surface area contributed by atoms with Crippen molar-refractivity contribution in [3.05, 3.63) is 29.8 Å². The number of sulfonamides is 1. The highest BCUT2D eigenvalue weighted by Gasteiger charge is 2.20. The molecule has 19 heavy (non-hydrogen) atoms. The van der Waals surface area contributed by atoms with Gasteiger partial charge in [0.2, 0.25) is 15.9 Å². The van der Waals surface area contributed by atoms with Gasteiger partial charge in [0.15, 0.2) is 0 Å². The van der Waals surface area contributed by atoms with E-state index in [1.165, 1.54) is 18.6 Å². The zero-order valence-corrected chi connectivity index (χ0v) is 11.4. The fraction of sp³-hybridized carbons (Fsp3) is 0.462. The number of hydrogen-bond acceptors (Lipinski definition) is 3. The number of carbonyl (C=O) groups excluding carboxylic acids is 1. The van der Waals surface area contributed by atoms with Gasteiger partial charge in [-0.2, -0.15) is 0 Å². The lowest BCUT2D eigenvalue weighted by atomic mass is 9.83. The van der Waals surface area contributed by atoms with Crippen LogP contribution in [0.3, 0.4) is 0 Å². The van der Waals surface area contributed by atoms with Gasteiger partial charge in [0.05, 0.1) is 4.90 Å². The molecule has 0 spiro atoms. The van der Waals surface area contributed by atoms with E-state index in [2.05, 4.69) is 5.32 Å². The van der Waals surface area contributed by atoms with Crippen molar-refractivity contribution >= 4 is 15.9 Å². The molecule has 5 nitrogen and oxygen atoms in total. The SMILES string of the molecule is NS(=O)(=O)c1cccc(CNC(=O)CC2CCC2)c1. The van der Waals surface area contributed by atoms with E-state index in [9.17, 15) is 13.2 Å². The van der Waals surface area contributed by atoms with Crippen LogP contribution in [0.1, 0.15) is 31.2 Å². The topological polar surface area (TPSA) is 89.3 Å². The van der Waals surface area contributed by atoms with Gasteiger partial charge < -0.3 is 5.32 Å². The molecule has 1 aliphatic carbocycles. The lowest BCUT2D eigenvalue weighted by molar-refractivity contribution is -0.122. The summed E-state index contributed by atoms with van der Waals surface area (Å²) in [5, 5.41) is 7.86. The van der Waals surface area contributed by atoms with E-state index in [4.69, 9.17) is 5.14 Å². The Morgan fingerprint density at radius 1 is 1.37 bits per heavy atom. The van der Waals surface area contributed by atoms with Gasteiger partial charge in [0, 0.05) is 13.0 Å². The van der Waals surface area contributed by atoms with Crippen molar-refractivity contribution in [3.63, 3.8) is 0 Å². The molecule has 2 rings (SSSR count). The minimum atomic E-state index is -3.69. The Labute approximate surface area is 113 Å². The van der Waals surface area contributed by atoms with Gasteiger partial charge >= 0.3 is 0 Å². The molecule has 0 aromatic heterocycles. The summed E-state index contributed by atoms with van der Waals surface area (Å²) in [4.78, 5) is 11.7. The molecule has 0 radical (unpaired) electrons. The second-order valence-electron chi connectivity index (χ2n) is 4.97. The van der Waals surface area contributed by atoms with Gasteiger partial charge in [-0.25, -0.2) is 13.6 Å². The van der Waals surface area contributed by atoms with Crippen LogP contribution in [0.5, 0.6) is 0 Å². The van der Waals surface area contributed by atoms with Crippen molar-refractivity contribution in [1.29, 1.82) is 0 Å². The normalized spacial score (nSPS) is 15.8. The zero-order chi connectivity index (χ0) is 13.9. The Kier molecular flexibility index (Phi) is 4.21. The van der Waals surface area contributed by atoms with E-state index in [0.29, 0.717) is 18.9 Å². The second kappa shape index (κ2) is 5.71. The molecule has 1 amide bonds. The largest absolute Gasteiger partial charge is 0.352 e. The average molecular weight is 282 g/mol. The number of nitrogens with one attached hydrogen (secondary N) is 1. The zero-order valence-electron chi connectivity index (χ0n) is 10.6. The first kappa shape index (κ1) is 14.0. The van der Waals surface area contributed by atoms with Gasteiger partial charge in [-0.15, -0.1) is 0 Å². The summed E-state index contributed by atoms with van der Waals surface area (Å²) in [7, 11) is -3.69. The van der Waals surface area contributed by atoms with Gasteiger partial charge in [-0.1, -0.05) is 18.6 Å². The average Bonchev–Trinajstić information content (AvgIpc) is 2.31. The van der Waals surface area contributed by atoms with Crippen LogP contribution in [0, 0.1) is 5.92 Å². The van der Waals surface area contributed by atoms with Gasteiger partial charge in [0.25, 0.3) is 0 Å². The number of carbonyl (C=O) groups is 1. The fourth-order valence-electron chi connectivity index (χ4n) is 2.06. The first-order valence-corrected chi connectivity index (χ1v) is 7.88. The molecule has 1 aromatic rings. The van der Waals surface area contributed by atoms with Crippen LogP contribution in [0.4, 0.5) is 0 Å². The third kappa shape index (κ3) is 4.04. The summed E-state index contributed by atoms with van der Waals surface area (Å²) in [5.74, 6) is 0.543. The molecule has 1 aliphatic rings. The Morgan fingerprint density at radius 3 is 2.68 bits per heavy atom. The number of amides is 1. The maximum absolute atomic E-state index is 11.6. The molecule has 0 heterocycles. The van der Waals surface area contributed by atoms with Gasteiger partial charge in [-0.3, -0.25) is 4.79 Å². The number of hydrogen-bond donors (Lipinski definition) is 2. The summed E-state index contributed by atoms with van der Waals surface area (Å²) in [5.41, 5.74) is 0.730. The van der Waals surface area contributed by atoms with Crippen LogP contribution >= 0.6 is 0 Å². The molecule has 104 valence electrons. The molecule has 1 saturated carbocycles. The summed E-state index contributed by atoms with van der Waals surface area (Å²) >= 11 is 0. The predicted molar refractivity (Wildman–Crippen MR) is 71.6 cm³/mol. The summed E-state index contributed by atoms with van der Waals surface area (Å²) in [6, 6.07) is 6.31. The van der Waals surface area contributed by atoms with Crippen molar-refractivity contribution < 1.29 is 13.2 Å². The van der Waals surface area contributed by atoms with Crippen molar-refractivity contribution in [3.8, 4) is 0 Å². The van der Waals surface area contributed by atoms with Crippen molar-refractivity contribution in [2.24, 2.45) is 11.1 Å². The fourth-order valence-corrected chi connectivity index (χ4v) is 2.65. The van der Waals surface area contributed by atoms with E-state index in [1.54, 1.807) is 12.1 Å². The Morgan fingerprint density at radius 2 is 2.11 bits per heavy atom. The number of benzene rings is 1. The van der Waals surface area contributed by atoms with E-state index >= 15 is 0 Å². The van der Waals surface area contributed by atoms with E-state index in [-0.39, 0.29) is 10.8 Å². The van der Waals surface area contributed by atoms with Crippen LogP contribution in [-0.4, -0.2) is 14.3 Å². The number of primary sulfonamides is 1. The smallest absolute Gasteiger partial charge is 0.238 e.